The zero-order valence-electron chi connectivity index (χ0n) is 23.8. The molecule has 0 saturated carbocycles. The summed E-state index contributed by atoms with van der Waals surface area (Å²) < 4.78 is 75.7. The van der Waals surface area contributed by atoms with Crippen LogP contribution in [0.5, 0.6) is 5.75 Å². The van der Waals surface area contributed by atoms with E-state index in [0.29, 0.717) is 48.4 Å². The van der Waals surface area contributed by atoms with Crippen molar-refractivity contribution < 1.29 is 35.7 Å². The molecule has 14 heteroatoms. The maximum Gasteiger partial charge on any atom is 0.364 e. The van der Waals surface area contributed by atoms with Crippen LogP contribution in [0.3, 0.4) is 0 Å². The van der Waals surface area contributed by atoms with E-state index in [1.54, 1.807) is 36.4 Å². The first-order chi connectivity index (χ1) is 21.0. The van der Waals surface area contributed by atoms with Gasteiger partial charge in [-0.05, 0) is 60.7 Å². The van der Waals surface area contributed by atoms with Gasteiger partial charge in [0.1, 0.15) is 5.75 Å². The predicted molar refractivity (Wildman–Crippen MR) is 168 cm³/mol. The van der Waals surface area contributed by atoms with Crippen LogP contribution in [-0.4, -0.2) is 72.2 Å². The Kier molecular flexibility index (Phi) is 9.36. The summed E-state index contributed by atoms with van der Waals surface area (Å²) in [6.07, 6.45) is 0.304. The van der Waals surface area contributed by atoms with Crippen molar-refractivity contribution in [3.63, 3.8) is 0 Å². The molecule has 0 radical (unpaired) electrons. The Balaban J connectivity index is 1.36. The molecule has 0 aromatic heterocycles. The molecule has 4 aromatic carbocycles. The molecule has 0 bridgehead atoms. The van der Waals surface area contributed by atoms with Crippen LogP contribution in [0, 0.1) is 0 Å². The zero-order valence-corrected chi connectivity index (χ0v) is 25.5. The number of nitrogens with one attached hydrogen (secondary N) is 2. The van der Waals surface area contributed by atoms with Gasteiger partial charge in [0.25, 0.3) is 10.0 Å². The highest BCUT2D eigenvalue weighted by atomic mass is 32.2. The summed E-state index contributed by atoms with van der Waals surface area (Å²) in [7, 11) is -7.38. The van der Waals surface area contributed by atoms with Crippen molar-refractivity contribution >= 4 is 59.8 Å². The van der Waals surface area contributed by atoms with Crippen LogP contribution in [-0.2, 0) is 29.9 Å². The third-order valence-electron chi connectivity index (χ3n) is 7.11. The average molecular weight is 641 g/mol. The number of hydrogen-bond acceptors (Lipinski definition) is 8. The Bertz CT molecular complexity index is 1840. The van der Waals surface area contributed by atoms with Crippen LogP contribution < -0.4 is 19.1 Å². The van der Waals surface area contributed by atoms with Gasteiger partial charge in [-0.1, -0.05) is 24.3 Å². The maximum absolute atomic E-state index is 13.3. The molecule has 1 heterocycles. The largest absolute Gasteiger partial charge is 0.497 e. The Morgan fingerprint density at radius 2 is 1.57 bits per heavy atom. The smallest absolute Gasteiger partial charge is 0.364 e. The van der Waals surface area contributed by atoms with E-state index in [-0.39, 0.29) is 27.9 Å². The number of sulfonamides is 1. The molecule has 0 unspecified atom stereocenters. The number of benzene rings is 4. The molecular formula is C30H32N4O8S2. The molecule has 12 nitrogen and oxygen atoms in total. The number of fused-ring (bicyclic) bond motifs is 1. The van der Waals surface area contributed by atoms with Gasteiger partial charge in [-0.3, -0.25) is 19.0 Å². The van der Waals surface area contributed by atoms with Crippen LogP contribution in [0.2, 0.25) is 0 Å². The molecule has 4 aromatic rings. The van der Waals surface area contributed by atoms with E-state index < -0.39 is 20.3 Å². The first-order valence-electron chi connectivity index (χ1n) is 13.7. The SMILES string of the molecule is COc1ccc(N(c2ccc(NS(=O)(=O)c3ccc(NC(=O)CCN4CCOCC4)cc3)c3ccccc23)S(=O)(=O)O)cc1. The zero-order chi connectivity index (χ0) is 31.3. The summed E-state index contributed by atoms with van der Waals surface area (Å²) >= 11 is 0. The summed E-state index contributed by atoms with van der Waals surface area (Å²) in [6.45, 7) is 3.48. The van der Waals surface area contributed by atoms with Gasteiger partial charge in [-0.25, -0.2) is 12.7 Å². The number of amides is 1. The molecule has 1 amide bonds. The van der Waals surface area contributed by atoms with Crippen LogP contribution in [0.4, 0.5) is 22.7 Å². The molecule has 1 fully saturated rings. The monoisotopic (exact) mass is 640 g/mol. The van der Waals surface area contributed by atoms with Gasteiger partial charge in [-0.15, -0.1) is 0 Å². The molecule has 1 aliphatic heterocycles. The standard InChI is InChI=1S/C30H32N4O8S2/c1-41-24-10-8-23(9-11-24)34(44(38,39)40)29-15-14-28(26-4-2-3-5-27(26)29)32-43(36,37)25-12-6-22(7-13-25)31-30(35)16-17-33-18-20-42-21-19-33/h2-15,32H,16-21H2,1H3,(H,31,35)(H,38,39,40). The van der Waals surface area contributed by atoms with Gasteiger partial charge in [0, 0.05) is 42.5 Å². The highest BCUT2D eigenvalue weighted by Crippen LogP contribution is 2.38. The van der Waals surface area contributed by atoms with Gasteiger partial charge in [-0.2, -0.15) is 8.42 Å². The van der Waals surface area contributed by atoms with Crippen LogP contribution >= 0.6 is 0 Å². The molecular weight excluding hydrogens is 608 g/mol. The van der Waals surface area contributed by atoms with Crippen molar-refractivity contribution in [1.29, 1.82) is 0 Å². The molecule has 0 aliphatic carbocycles. The molecule has 232 valence electrons. The lowest BCUT2D eigenvalue weighted by Crippen LogP contribution is -2.38. The first kappa shape index (κ1) is 31.2. The third kappa shape index (κ3) is 7.29. The quantitative estimate of drug-likeness (QED) is 0.204. The molecule has 1 saturated heterocycles. The lowest BCUT2D eigenvalue weighted by atomic mass is 10.1. The molecule has 0 atom stereocenters. The highest BCUT2D eigenvalue weighted by molar-refractivity contribution is 7.92. The second-order valence-corrected chi connectivity index (χ2v) is 12.9. The minimum Gasteiger partial charge on any atom is -0.497 e. The number of rotatable bonds is 11. The lowest BCUT2D eigenvalue weighted by molar-refractivity contribution is -0.116. The second kappa shape index (κ2) is 13.2. The van der Waals surface area contributed by atoms with Gasteiger partial charge < -0.3 is 14.8 Å². The molecule has 3 N–H and O–H groups in total. The number of methoxy groups -OCH3 is 1. The fraction of sp³-hybridized carbons (Fsp3) is 0.233. The van der Waals surface area contributed by atoms with Crippen molar-refractivity contribution in [2.24, 2.45) is 0 Å². The molecule has 44 heavy (non-hydrogen) atoms. The van der Waals surface area contributed by atoms with Crippen LogP contribution in [0.1, 0.15) is 6.42 Å². The normalized spacial score (nSPS) is 14.2. The van der Waals surface area contributed by atoms with Crippen molar-refractivity contribution in [2.45, 2.75) is 11.3 Å². The number of hydrogen-bond donors (Lipinski definition) is 3. The van der Waals surface area contributed by atoms with Crippen LogP contribution in [0.25, 0.3) is 10.8 Å². The first-order valence-corrected chi connectivity index (χ1v) is 16.6. The Morgan fingerprint density at radius 1 is 0.909 bits per heavy atom. The number of morpholine rings is 1. The Labute approximate surface area is 256 Å². The number of ether oxygens (including phenoxy) is 2. The fourth-order valence-electron chi connectivity index (χ4n) is 4.89. The molecule has 1 aliphatic rings. The Hall–Kier alpha value is -4.21. The van der Waals surface area contributed by atoms with Crippen molar-refractivity contribution in [2.75, 3.05) is 54.3 Å². The summed E-state index contributed by atoms with van der Waals surface area (Å²) in [5.41, 5.74) is 0.939. The Morgan fingerprint density at radius 3 is 2.20 bits per heavy atom. The summed E-state index contributed by atoms with van der Waals surface area (Å²) in [6, 6.07) is 21.4. The van der Waals surface area contributed by atoms with E-state index in [2.05, 4.69) is 14.9 Å². The minimum atomic E-state index is -4.78. The summed E-state index contributed by atoms with van der Waals surface area (Å²) in [5.74, 6) is 0.322. The van der Waals surface area contributed by atoms with Gasteiger partial charge in [0.15, 0.2) is 0 Å². The maximum atomic E-state index is 13.3. The van der Waals surface area contributed by atoms with Gasteiger partial charge >= 0.3 is 10.3 Å². The number of nitrogens with zero attached hydrogens (tertiary/aromatic N) is 2. The van der Waals surface area contributed by atoms with E-state index >= 15 is 0 Å². The summed E-state index contributed by atoms with van der Waals surface area (Å²) in [4.78, 5) is 14.5. The predicted octanol–water partition coefficient (Wildman–Crippen LogP) is 4.25. The number of anilines is 4. The number of carbonyl (C=O) groups excluding carboxylic acids is 1. The van der Waals surface area contributed by atoms with Crippen molar-refractivity contribution in [3.8, 4) is 5.75 Å². The molecule has 0 spiro atoms. The lowest BCUT2D eigenvalue weighted by Gasteiger charge is -2.26. The van der Waals surface area contributed by atoms with Gasteiger partial charge in [0.2, 0.25) is 5.91 Å². The van der Waals surface area contributed by atoms with Crippen molar-refractivity contribution in [3.05, 3.63) is 84.9 Å². The topological polar surface area (TPSA) is 155 Å². The minimum absolute atomic E-state index is 0.0326. The van der Waals surface area contributed by atoms with Crippen LogP contribution in [0.15, 0.2) is 89.8 Å². The third-order valence-corrected chi connectivity index (χ3v) is 9.36. The van der Waals surface area contributed by atoms with Crippen molar-refractivity contribution in [1.82, 2.24) is 4.90 Å². The van der Waals surface area contributed by atoms with E-state index in [4.69, 9.17) is 9.47 Å². The van der Waals surface area contributed by atoms with E-state index in [1.807, 2.05) is 0 Å². The van der Waals surface area contributed by atoms with Gasteiger partial charge in [0.05, 0.1) is 42.3 Å². The fourth-order valence-corrected chi connectivity index (χ4v) is 6.77. The number of carbonyl (C=O) groups is 1. The van der Waals surface area contributed by atoms with E-state index in [1.165, 1.54) is 55.6 Å². The average Bonchev–Trinajstić information content (AvgIpc) is 3.01. The van der Waals surface area contributed by atoms with E-state index in [9.17, 15) is 26.2 Å². The van der Waals surface area contributed by atoms with E-state index in [0.717, 1.165) is 17.4 Å². The highest BCUT2D eigenvalue weighted by Gasteiger charge is 2.25. The molecule has 5 rings (SSSR count). The second-order valence-electron chi connectivity index (χ2n) is 10.0. The summed E-state index contributed by atoms with van der Waals surface area (Å²) in [5, 5.41) is 3.56.